The summed E-state index contributed by atoms with van der Waals surface area (Å²) in [6.07, 6.45) is 10.1. The van der Waals surface area contributed by atoms with Crippen LogP contribution >= 0.6 is 0 Å². The third kappa shape index (κ3) is 2.75. The third-order valence-electron chi connectivity index (χ3n) is 4.88. The van der Waals surface area contributed by atoms with Crippen LogP contribution in [0, 0.1) is 6.92 Å². The molecule has 0 saturated carbocycles. The maximum absolute atomic E-state index is 13.0. The molecule has 1 fully saturated rings. The predicted octanol–water partition coefficient (Wildman–Crippen LogP) is 1.73. The van der Waals surface area contributed by atoms with Crippen LogP contribution in [-0.2, 0) is 7.05 Å². The average molecular weight is 338 g/mol. The molecule has 25 heavy (non-hydrogen) atoms. The summed E-state index contributed by atoms with van der Waals surface area (Å²) in [5, 5.41) is 4.28. The monoisotopic (exact) mass is 338 g/mol. The molecule has 0 aliphatic carbocycles. The van der Waals surface area contributed by atoms with E-state index in [-0.39, 0.29) is 5.91 Å². The summed E-state index contributed by atoms with van der Waals surface area (Å²) in [7, 11) is 1.93. The highest BCUT2D eigenvalue weighted by atomic mass is 16.2. The Bertz CT molecular complexity index is 911. The van der Waals surface area contributed by atoms with Gasteiger partial charge in [-0.3, -0.25) is 9.78 Å². The van der Waals surface area contributed by atoms with E-state index in [4.69, 9.17) is 0 Å². The largest absolute Gasteiger partial charge is 0.369 e. The number of fused-ring (bicyclic) bond motifs is 1. The zero-order chi connectivity index (χ0) is 17.4. The quantitative estimate of drug-likeness (QED) is 0.714. The van der Waals surface area contributed by atoms with E-state index in [2.05, 4.69) is 28.0 Å². The molecule has 3 aromatic rings. The Labute approximate surface area is 146 Å². The van der Waals surface area contributed by atoms with Crippen molar-refractivity contribution in [3.8, 4) is 0 Å². The summed E-state index contributed by atoms with van der Waals surface area (Å²) in [6, 6.07) is 2.05. The van der Waals surface area contributed by atoms with E-state index in [1.54, 1.807) is 10.7 Å². The second kappa shape index (κ2) is 6.23. The molecule has 7 heteroatoms. The summed E-state index contributed by atoms with van der Waals surface area (Å²) < 4.78 is 3.68. The summed E-state index contributed by atoms with van der Waals surface area (Å²) >= 11 is 0. The average Bonchev–Trinajstić information content (AvgIpc) is 3.10. The summed E-state index contributed by atoms with van der Waals surface area (Å²) in [4.78, 5) is 21.5. The van der Waals surface area contributed by atoms with Crippen LogP contribution in [0.2, 0.25) is 0 Å². The van der Waals surface area contributed by atoms with Crippen molar-refractivity contribution in [1.82, 2.24) is 24.1 Å². The predicted molar refractivity (Wildman–Crippen MR) is 95.9 cm³/mol. The molecule has 130 valence electrons. The number of hydrogen-bond acceptors (Lipinski definition) is 4. The molecule has 0 atom stereocenters. The van der Waals surface area contributed by atoms with Gasteiger partial charge in [-0.1, -0.05) is 0 Å². The number of anilines is 1. The molecule has 1 amide bonds. The van der Waals surface area contributed by atoms with E-state index in [0.29, 0.717) is 12.1 Å². The lowest BCUT2D eigenvalue weighted by molar-refractivity contribution is 0.0768. The first kappa shape index (κ1) is 15.7. The fraction of sp³-hybridized carbons (Fsp3) is 0.389. The highest BCUT2D eigenvalue weighted by Gasteiger charge is 2.24. The van der Waals surface area contributed by atoms with Crippen LogP contribution in [0.1, 0.15) is 22.3 Å². The molecule has 0 bridgehead atoms. The summed E-state index contributed by atoms with van der Waals surface area (Å²) in [6.45, 7) is 5.33. The van der Waals surface area contributed by atoms with Crippen molar-refractivity contribution >= 4 is 17.2 Å². The highest BCUT2D eigenvalue weighted by Crippen LogP contribution is 2.21. The van der Waals surface area contributed by atoms with Crippen LogP contribution in [0.5, 0.6) is 0 Å². The molecule has 7 nitrogen and oxygen atoms in total. The molecule has 0 N–H and O–H groups in total. The lowest BCUT2D eigenvalue weighted by Crippen LogP contribution is -2.35. The van der Waals surface area contributed by atoms with Crippen LogP contribution in [0.4, 0.5) is 5.69 Å². The van der Waals surface area contributed by atoms with Gasteiger partial charge in [0.1, 0.15) is 11.2 Å². The van der Waals surface area contributed by atoms with Crippen LogP contribution < -0.4 is 4.90 Å². The Hall–Kier alpha value is -2.83. The number of nitrogens with zero attached hydrogens (tertiary/aromatic N) is 6. The Morgan fingerprint density at radius 1 is 1.12 bits per heavy atom. The van der Waals surface area contributed by atoms with Gasteiger partial charge in [-0.05, 0) is 25.0 Å². The highest BCUT2D eigenvalue weighted by molar-refractivity contribution is 5.99. The standard InChI is InChI=1S/C18H22N6O/c1-14-12-19-5-4-16(14)22-6-3-7-23(10-9-22)18(25)15-13-20-24-11-8-21(2)17(15)24/h4-5,8,11-13H,3,6-7,9-10H2,1-2H3. The molecule has 1 aliphatic rings. The zero-order valence-corrected chi connectivity index (χ0v) is 14.6. The number of aromatic nitrogens is 4. The molecule has 0 aromatic carbocycles. The van der Waals surface area contributed by atoms with Crippen molar-refractivity contribution in [2.24, 2.45) is 7.05 Å². The maximum atomic E-state index is 13.0. The van der Waals surface area contributed by atoms with Crippen LogP contribution in [0.3, 0.4) is 0 Å². The number of rotatable bonds is 2. The first-order valence-corrected chi connectivity index (χ1v) is 8.58. The van der Waals surface area contributed by atoms with Gasteiger partial charge in [-0.2, -0.15) is 5.10 Å². The number of carbonyl (C=O) groups is 1. The van der Waals surface area contributed by atoms with Gasteiger partial charge in [0.2, 0.25) is 0 Å². The Morgan fingerprint density at radius 2 is 2.00 bits per heavy atom. The van der Waals surface area contributed by atoms with Crippen molar-refractivity contribution in [2.45, 2.75) is 13.3 Å². The molecule has 3 aromatic heterocycles. The Morgan fingerprint density at radius 3 is 2.84 bits per heavy atom. The van der Waals surface area contributed by atoms with Gasteiger partial charge in [-0.25, -0.2) is 4.52 Å². The number of pyridine rings is 1. The molecule has 0 unspecified atom stereocenters. The minimum Gasteiger partial charge on any atom is -0.369 e. The minimum absolute atomic E-state index is 0.0603. The second-order valence-corrected chi connectivity index (χ2v) is 6.53. The van der Waals surface area contributed by atoms with Crippen LogP contribution in [0.15, 0.2) is 37.1 Å². The number of amides is 1. The van der Waals surface area contributed by atoms with E-state index >= 15 is 0 Å². The molecule has 1 saturated heterocycles. The smallest absolute Gasteiger partial charge is 0.259 e. The van der Waals surface area contributed by atoms with Gasteiger partial charge in [0.15, 0.2) is 0 Å². The number of hydrogen-bond donors (Lipinski definition) is 0. The topological polar surface area (TPSA) is 58.7 Å². The summed E-state index contributed by atoms with van der Waals surface area (Å²) in [5.74, 6) is 0.0603. The number of aryl methyl sites for hydroxylation is 2. The molecule has 1 aliphatic heterocycles. The number of carbonyl (C=O) groups excluding carboxylic acids is 1. The van der Waals surface area contributed by atoms with Gasteiger partial charge in [0.05, 0.1) is 6.20 Å². The van der Waals surface area contributed by atoms with E-state index in [9.17, 15) is 4.79 Å². The molecular formula is C18H22N6O. The molecule has 4 rings (SSSR count). The second-order valence-electron chi connectivity index (χ2n) is 6.53. The van der Waals surface area contributed by atoms with Gasteiger partial charge in [0.25, 0.3) is 5.91 Å². The van der Waals surface area contributed by atoms with Crippen molar-refractivity contribution < 1.29 is 4.79 Å². The van der Waals surface area contributed by atoms with Crippen molar-refractivity contribution in [2.75, 3.05) is 31.1 Å². The lowest BCUT2D eigenvalue weighted by atomic mass is 10.2. The van der Waals surface area contributed by atoms with E-state index in [0.717, 1.165) is 31.7 Å². The Balaban J connectivity index is 1.54. The molecule has 0 radical (unpaired) electrons. The summed E-state index contributed by atoms with van der Waals surface area (Å²) in [5.41, 5.74) is 3.89. The van der Waals surface area contributed by atoms with Gasteiger partial charge < -0.3 is 14.4 Å². The molecular weight excluding hydrogens is 316 g/mol. The van der Waals surface area contributed by atoms with Gasteiger partial charge in [0, 0.05) is 63.7 Å². The maximum Gasteiger partial charge on any atom is 0.259 e. The van der Waals surface area contributed by atoms with Crippen LogP contribution in [0.25, 0.3) is 5.65 Å². The van der Waals surface area contributed by atoms with Crippen LogP contribution in [-0.4, -0.2) is 56.2 Å². The first-order chi connectivity index (χ1) is 12.1. The van der Waals surface area contributed by atoms with Crippen molar-refractivity contribution in [3.05, 3.63) is 48.2 Å². The minimum atomic E-state index is 0.0603. The molecule has 0 spiro atoms. The lowest BCUT2D eigenvalue weighted by Gasteiger charge is -2.24. The SMILES string of the molecule is Cc1cnccc1N1CCCN(C(=O)c2cnn3ccn(C)c23)CC1. The van der Waals surface area contributed by atoms with Gasteiger partial charge in [-0.15, -0.1) is 0 Å². The first-order valence-electron chi connectivity index (χ1n) is 8.58. The van der Waals surface area contributed by atoms with E-state index < -0.39 is 0 Å². The molecule has 4 heterocycles. The third-order valence-corrected chi connectivity index (χ3v) is 4.88. The fourth-order valence-corrected chi connectivity index (χ4v) is 3.55. The van der Waals surface area contributed by atoms with E-state index in [1.165, 1.54) is 11.3 Å². The van der Waals surface area contributed by atoms with E-state index in [1.807, 2.05) is 41.3 Å². The fourth-order valence-electron chi connectivity index (χ4n) is 3.55. The van der Waals surface area contributed by atoms with Gasteiger partial charge >= 0.3 is 0 Å². The normalized spacial score (nSPS) is 15.6. The van der Waals surface area contributed by atoms with Crippen molar-refractivity contribution in [3.63, 3.8) is 0 Å². The van der Waals surface area contributed by atoms with Crippen molar-refractivity contribution in [1.29, 1.82) is 0 Å². The zero-order valence-electron chi connectivity index (χ0n) is 14.6. The Kier molecular flexibility index (Phi) is 3.91. The number of imidazole rings is 1.